The molecule has 1 spiro atoms. The smallest absolute Gasteiger partial charge is 0.270 e. The monoisotopic (exact) mass is 536 g/mol. The summed E-state index contributed by atoms with van der Waals surface area (Å²) >= 11 is 0. The summed E-state index contributed by atoms with van der Waals surface area (Å²) in [5.74, 6) is -0.809. The summed E-state index contributed by atoms with van der Waals surface area (Å²) in [6.07, 6.45) is -0.0375. The van der Waals surface area contributed by atoms with Gasteiger partial charge in [-0.3, -0.25) is 9.59 Å². The fraction of sp³-hybridized carbons (Fsp3) is 0.188. The van der Waals surface area contributed by atoms with Crippen molar-refractivity contribution in [1.82, 2.24) is 0 Å². The Balaban J connectivity index is 1.52. The van der Waals surface area contributed by atoms with E-state index in [2.05, 4.69) is 0 Å². The van der Waals surface area contributed by atoms with Gasteiger partial charge in [-0.25, -0.2) is 12.7 Å². The third kappa shape index (κ3) is 3.96. The third-order valence-corrected chi connectivity index (χ3v) is 9.54. The van der Waals surface area contributed by atoms with Crippen molar-refractivity contribution in [2.45, 2.75) is 43.5 Å². The average Bonchev–Trinajstić information content (AvgIpc) is 3.04. The molecule has 2 aliphatic heterocycles. The second-order valence-corrected chi connectivity index (χ2v) is 12.2. The van der Waals surface area contributed by atoms with Gasteiger partial charge in [-0.05, 0) is 60.7 Å². The van der Waals surface area contributed by atoms with Crippen LogP contribution >= 0.6 is 0 Å². The highest BCUT2D eigenvalue weighted by Gasteiger charge is 2.55. The van der Waals surface area contributed by atoms with Crippen LogP contribution in [-0.2, 0) is 38.0 Å². The summed E-state index contributed by atoms with van der Waals surface area (Å²) in [4.78, 5) is 30.4. The molecule has 0 bridgehead atoms. The minimum Gasteiger partial charge on any atom is -0.307 e. The molecule has 6 rings (SSSR count). The second kappa shape index (κ2) is 9.20. The summed E-state index contributed by atoms with van der Waals surface area (Å²) < 4.78 is 29.0. The van der Waals surface area contributed by atoms with Crippen molar-refractivity contribution in [3.05, 3.63) is 125 Å². The predicted molar refractivity (Wildman–Crippen MR) is 151 cm³/mol. The van der Waals surface area contributed by atoms with E-state index in [0.717, 1.165) is 26.7 Å². The lowest BCUT2D eigenvalue weighted by Crippen LogP contribution is -2.45. The maximum Gasteiger partial charge on any atom is 0.270 e. The number of hydrogen-bond acceptors (Lipinski definition) is 4. The van der Waals surface area contributed by atoms with E-state index in [1.54, 1.807) is 30.0 Å². The maximum atomic E-state index is 14.4. The first-order chi connectivity index (χ1) is 18.7. The molecule has 0 saturated heterocycles. The Morgan fingerprint density at radius 3 is 2.21 bits per heavy atom. The zero-order chi connectivity index (χ0) is 27.4. The number of carbonyl (C=O) groups is 2. The lowest BCUT2D eigenvalue weighted by atomic mass is 9.74. The molecule has 6 nitrogen and oxygen atoms in total. The maximum absolute atomic E-state index is 14.4. The zero-order valence-electron chi connectivity index (χ0n) is 21.8. The number of fused-ring (bicyclic) bond motifs is 3. The van der Waals surface area contributed by atoms with Gasteiger partial charge in [0.15, 0.2) is 0 Å². The van der Waals surface area contributed by atoms with E-state index in [4.69, 9.17) is 0 Å². The molecule has 2 amide bonds. The molecule has 0 saturated carbocycles. The summed E-state index contributed by atoms with van der Waals surface area (Å²) in [5.41, 5.74) is 3.82. The van der Waals surface area contributed by atoms with E-state index in [0.29, 0.717) is 23.4 Å². The summed E-state index contributed by atoms with van der Waals surface area (Å²) in [5, 5.41) is 0. The number of carbonyl (C=O) groups excluding carboxylic acids is 2. The fourth-order valence-corrected chi connectivity index (χ4v) is 7.45. The Bertz CT molecular complexity index is 1720. The zero-order valence-corrected chi connectivity index (χ0v) is 22.6. The highest BCUT2D eigenvalue weighted by Crippen LogP contribution is 2.50. The number of benzene rings is 4. The fourth-order valence-electron chi connectivity index (χ4n) is 5.93. The Morgan fingerprint density at radius 2 is 1.46 bits per heavy atom. The van der Waals surface area contributed by atoms with Gasteiger partial charge < -0.3 is 4.90 Å². The van der Waals surface area contributed by atoms with Gasteiger partial charge >= 0.3 is 0 Å². The van der Waals surface area contributed by atoms with Crippen LogP contribution in [0.4, 0.5) is 11.4 Å². The number of nitrogens with zero attached hydrogens (tertiary/aromatic N) is 2. The van der Waals surface area contributed by atoms with Crippen LogP contribution in [0.25, 0.3) is 0 Å². The first-order valence-electron chi connectivity index (χ1n) is 12.9. The Hall–Kier alpha value is -4.23. The van der Waals surface area contributed by atoms with Crippen LogP contribution in [-0.4, -0.2) is 20.2 Å². The summed E-state index contributed by atoms with van der Waals surface area (Å²) in [7, 11) is -4.23. The number of anilines is 2. The van der Waals surface area contributed by atoms with Crippen LogP contribution in [0.5, 0.6) is 0 Å². The van der Waals surface area contributed by atoms with Gasteiger partial charge in [-0.1, -0.05) is 84.4 Å². The molecule has 2 aliphatic rings. The number of para-hydroxylation sites is 2. The van der Waals surface area contributed by atoms with E-state index in [-0.39, 0.29) is 23.6 Å². The van der Waals surface area contributed by atoms with E-state index < -0.39 is 21.3 Å². The number of rotatable bonds is 4. The van der Waals surface area contributed by atoms with Crippen molar-refractivity contribution < 1.29 is 18.0 Å². The lowest BCUT2D eigenvalue weighted by molar-refractivity contribution is -0.128. The van der Waals surface area contributed by atoms with Crippen LogP contribution in [0.3, 0.4) is 0 Å². The van der Waals surface area contributed by atoms with Crippen molar-refractivity contribution >= 4 is 33.2 Å². The van der Waals surface area contributed by atoms with Gasteiger partial charge in [-0.2, -0.15) is 0 Å². The SMILES string of the molecule is Cc1ccc(S(=O)(=O)N2C(=O)C[C@]3(Cc4cccc(C)c42)C(=O)N(Cc2ccccc2)c2ccccc23)cc1. The van der Waals surface area contributed by atoms with Crippen molar-refractivity contribution in [2.24, 2.45) is 0 Å². The lowest BCUT2D eigenvalue weighted by Gasteiger charge is -2.27. The molecular formula is C32H28N2O4S. The van der Waals surface area contributed by atoms with Crippen molar-refractivity contribution in [3.8, 4) is 0 Å². The first kappa shape index (κ1) is 25.1. The van der Waals surface area contributed by atoms with Crippen molar-refractivity contribution in [1.29, 1.82) is 0 Å². The van der Waals surface area contributed by atoms with Crippen LogP contribution in [0.15, 0.2) is 102 Å². The van der Waals surface area contributed by atoms with Gasteiger partial charge in [0, 0.05) is 12.1 Å². The molecule has 0 aliphatic carbocycles. The topological polar surface area (TPSA) is 74.8 Å². The van der Waals surface area contributed by atoms with Crippen LogP contribution in [0, 0.1) is 13.8 Å². The number of sulfonamides is 1. The van der Waals surface area contributed by atoms with Gasteiger partial charge in [0.2, 0.25) is 11.8 Å². The van der Waals surface area contributed by atoms with E-state index in [1.807, 2.05) is 73.7 Å². The van der Waals surface area contributed by atoms with E-state index >= 15 is 0 Å². The van der Waals surface area contributed by atoms with Crippen LogP contribution in [0.1, 0.15) is 34.2 Å². The molecule has 2 heterocycles. The highest BCUT2D eigenvalue weighted by molar-refractivity contribution is 7.93. The molecular weight excluding hydrogens is 508 g/mol. The summed E-state index contributed by atoms with van der Waals surface area (Å²) in [6, 6.07) is 29.2. The molecule has 0 unspecified atom stereocenters. The number of aryl methyl sites for hydroxylation is 2. The second-order valence-electron chi connectivity index (χ2n) is 10.4. The van der Waals surface area contributed by atoms with E-state index in [1.165, 1.54) is 12.1 Å². The Morgan fingerprint density at radius 1 is 0.769 bits per heavy atom. The minimum atomic E-state index is -4.23. The van der Waals surface area contributed by atoms with Crippen LogP contribution in [0.2, 0.25) is 0 Å². The summed E-state index contributed by atoms with van der Waals surface area (Å²) in [6.45, 7) is 4.04. The van der Waals surface area contributed by atoms with Gasteiger partial charge in [0.25, 0.3) is 10.0 Å². The number of amides is 2. The Kier molecular flexibility index (Phi) is 5.92. The molecule has 0 N–H and O–H groups in total. The normalized spacial score (nSPS) is 18.7. The van der Waals surface area contributed by atoms with Gasteiger partial charge in [0.05, 0.1) is 22.5 Å². The Labute approximate surface area is 228 Å². The predicted octanol–water partition coefficient (Wildman–Crippen LogP) is 5.46. The van der Waals surface area contributed by atoms with Gasteiger partial charge in [0.1, 0.15) is 0 Å². The molecule has 196 valence electrons. The van der Waals surface area contributed by atoms with E-state index in [9.17, 15) is 18.0 Å². The molecule has 4 aromatic carbocycles. The highest BCUT2D eigenvalue weighted by atomic mass is 32.2. The molecule has 0 aromatic heterocycles. The molecule has 4 aromatic rings. The van der Waals surface area contributed by atoms with Gasteiger partial charge in [-0.15, -0.1) is 0 Å². The molecule has 0 fully saturated rings. The quantitative estimate of drug-likeness (QED) is 0.347. The van der Waals surface area contributed by atoms with Crippen LogP contribution < -0.4 is 9.21 Å². The standard InChI is InChI=1S/C32H28N2O4S/c1-22-15-17-26(18-16-22)39(37,38)34-29(35)20-32(19-25-12-8-9-23(2)30(25)34)27-13-6-7-14-28(27)33(31(32)36)21-24-10-4-3-5-11-24/h3-18H,19-21H2,1-2H3/t32-/m0/s1. The first-order valence-corrected chi connectivity index (χ1v) is 14.4. The largest absolute Gasteiger partial charge is 0.307 e. The molecule has 39 heavy (non-hydrogen) atoms. The average molecular weight is 537 g/mol. The van der Waals surface area contributed by atoms with Crippen molar-refractivity contribution in [2.75, 3.05) is 9.21 Å². The minimum absolute atomic E-state index is 0.0375. The molecule has 1 atom stereocenters. The third-order valence-electron chi connectivity index (χ3n) is 7.80. The molecule has 0 radical (unpaired) electrons. The number of hydrogen-bond donors (Lipinski definition) is 0. The van der Waals surface area contributed by atoms with Crippen molar-refractivity contribution in [3.63, 3.8) is 0 Å². The molecule has 7 heteroatoms.